The molecular formula is C11H9F5O. The maximum Gasteiger partial charge on any atom is 0.461 e. The third-order valence-corrected chi connectivity index (χ3v) is 2.49. The molecule has 0 N–H and O–H groups in total. The van der Waals surface area contributed by atoms with E-state index in [0.29, 0.717) is 5.56 Å². The van der Waals surface area contributed by atoms with Gasteiger partial charge in [-0.2, -0.15) is 22.0 Å². The van der Waals surface area contributed by atoms with E-state index < -0.39 is 23.4 Å². The Hall–Kier alpha value is -1.46. The quantitative estimate of drug-likeness (QED) is 0.579. The Bertz CT molecular complexity index is 448. The van der Waals surface area contributed by atoms with Crippen molar-refractivity contribution in [1.29, 1.82) is 0 Å². The molecule has 0 aliphatic rings. The molecule has 0 saturated carbocycles. The van der Waals surface area contributed by atoms with Gasteiger partial charge >= 0.3 is 12.1 Å². The van der Waals surface area contributed by atoms with Gasteiger partial charge in [0.05, 0.1) is 0 Å². The van der Waals surface area contributed by atoms with E-state index in [0.717, 1.165) is 6.07 Å². The van der Waals surface area contributed by atoms with Crippen molar-refractivity contribution < 1.29 is 26.7 Å². The van der Waals surface area contributed by atoms with E-state index in [4.69, 9.17) is 0 Å². The number of carbonyl (C=O) groups is 1. The third-order valence-electron chi connectivity index (χ3n) is 2.49. The van der Waals surface area contributed by atoms with Crippen molar-refractivity contribution in [2.45, 2.75) is 25.9 Å². The molecule has 0 aliphatic heterocycles. The average molecular weight is 252 g/mol. The summed E-state index contributed by atoms with van der Waals surface area (Å²) in [4.78, 5) is 11.2. The van der Waals surface area contributed by atoms with Crippen molar-refractivity contribution in [3.05, 3.63) is 34.9 Å². The number of benzene rings is 1. The predicted molar refractivity (Wildman–Crippen MR) is 51.2 cm³/mol. The Morgan fingerprint density at radius 1 is 1.06 bits per heavy atom. The van der Waals surface area contributed by atoms with Crippen LogP contribution in [0.5, 0.6) is 0 Å². The zero-order chi connectivity index (χ0) is 13.4. The first-order valence-corrected chi connectivity index (χ1v) is 4.64. The molecule has 1 aromatic rings. The van der Waals surface area contributed by atoms with Crippen molar-refractivity contribution >= 4 is 5.78 Å². The second-order valence-corrected chi connectivity index (χ2v) is 3.65. The first kappa shape index (κ1) is 13.6. The van der Waals surface area contributed by atoms with Gasteiger partial charge < -0.3 is 0 Å². The SMILES string of the molecule is Cc1cccc(C(=O)C(F)(F)C(F)(F)F)c1C. The van der Waals surface area contributed by atoms with Crippen LogP contribution in [0.1, 0.15) is 21.5 Å². The zero-order valence-electron chi connectivity index (χ0n) is 9.03. The van der Waals surface area contributed by atoms with Gasteiger partial charge in [0.2, 0.25) is 5.78 Å². The Morgan fingerprint density at radius 3 is 2.06 bits per heavy atom. The van der Waals surface area contributed by atoms with Gasteiger partial charge in [0.1, 0.15) is 0 Å². The van der Waals surface area contributed by atoms with Crippen molar-refractivity contribution in [1.82, 2.24) is 0 Å². The predicted octanol–water partition coefficient (Wildman–Crippen LogP) is 3.68. The van der Waals surface area contributed by atoms with Gasteiger partial charge in [0.25, 0.3) is 0 Å². The van der Waals surface area contributed by atoms with Crippen molar-refractivity contribution in [3.63, 3.8) is 0 Å². The molecule has 0 saturated heterocycles. The highest BCUT2D eigenvalue weighted by molar-refractivity contribution is 6.03. The lowest BCUT2D eigenvalue weighted by molar-refractivity contribution is -0.255. The molecule has 0 bridgehead atoms. The summed E-state index contributed by atoms with van der Waals surface area (Å²) in [6, 6.07) is 3.75. The van der Waals surface area contributed by atoms with Gasteiger partial charge in [-0.1, -0.05) is 18.2 Å². The van der Waals surface area contributed by atoms with Gasteiger partial charge in [-0.25, -0.2) is 0 Å². The summed E-state index contributed by atoms with van der Waals surface area (Å²) < 4.78 is 61.8. The van der Waals surface area contributed by atoms with E-state index in [1.54, 1.807) is 0 Å². The van der Waals surface area contributed by atoms with E-state index in [1.807, 2.05) is 0 Å². The molecule has 0 heterocycles. The maximum atomic E-state index is 12.8. The van der Waals surface area contributed by atoms with Crippen molar-refractivity contribution in [2.75, 3.05) is 0 Å². The summed E-state index contributed by atoms with van der Waals surface area (Å²) in [5, 5.41) is 0. The topological polar surface area (TPSA) is 17.1 Å². The average Bonchev–Trinajstić information content (AvgIpc) is 2.19. The van der Waals surface area contributed by atoms with Crippen LogP contribution in [-0.2, 0) is 0 Å². The first-order chi connectivity index (χ1) is 7.59. The number of ketones is 1. The third kappa shape index (κ3) is 2.30. The van der Waals surface area contributed by atoms with E-state index in [2.05, 4.69) is 0 Å². The lowest BCUT2D eigenvalue weighted by Crippen LogP contribution is -2.44. The van der Waals surface area contributed by atoms with Crippen LogP contribution < -0.4 is 0 Å². The summed E-state index contributed by atoms with van der Waals surface area (Å²) in [6.07, 6.45) is -5.87. The highest BCUT2D eigenvalue weighted by Gasteiger charge is 2.63. The smallest absolute Gasteiger partial charge is 0.287 e. The first-order valence-electron chi connectivity index (χ1n) is 4.64. The molecule has 6 heteroatoms. The van der Waals surface area contributed by atoms with Crippen LogP contribution in [-0.4, -0.2) is 17.9 Å². The van der Waals surface area contributed by atoms with E-state index >= 15 is 0 Å². The number of hydrogen-bond acceptors (Lipinski definition) is 1. The minimum absolute atomic E-state index is 0.126. The number of halogens is 5. The van der Waals surface area contributed by atoms with Gasteiger partial charge in [-0.3, -0.25) is 4.79 Å². The van der Waals surface area contributed by atoms with Crippen LogP contribution in [0.25, 0.3) is 0 Å². The number of hydrogen-bond donors (Lipinski definition) is 0. The largest absolute Gasteiger partial charge is 0.461 e. The maximum absolute atomic E-state index is 12.8. The van der Waals surface area contributed by atoms with Gasteiger partial charge in [0, 0.05) is 5.56 Å². The highest BCUT2D eigenvalue weighted by Crippen LogP contribution is 2.38. The summed E-state index contributed by atoms with van der Waals surface area (Å²) in [5.74, 6) is -7.57. The molecule has 0 radical (unpaired) electrons. The molecule has 0 aliphatic carbocycles. The number of rotatable bonds is 2. The number of carbonyl (C=O) groups excluding carboxylic acids is 1. The molecule has 0 amide bonds. The van der Waals surface area contributed by atoms with Gasteiger partial charge in [0.15, 0.2) is 0 Å². The van der Waals surface area contributed by atoms with Crippen LogP contribution in [0.15, 0.2) is 18.2 Å². The number of aryl methyl sites for hydroxylation is 1. The van der Waals surface area contributed by atoms with Crippen LogP contribution >= 0.6 is 0 Å². The minimum Gasteiger partial charge on any atom is -0.287 e. The molecule has 0 aromatic heterocycles. The number of Topliss-reactive ketones (excluding diaryl/α,β-unsaturated/α-hetero) is 1. The Labute approximate surface area is 94.2 Å². The monoisotopic (exact) mass is 252 g/mol. The lowest BCUT2D eigenvalue weighted by Gasteiger charge is -2.19. The summed E-state index contributed by atoms with van der Waals surface area (Å²) in [5.41, 5.74) is 0.00238. The molecule has 0 fully saturated rings. The van der Waals surface area contributed by atoms with Crippen LogP contribution in [0.2, 0.25) is 0 Å². The van der Waals surface area contributed by atoms with Crippen LogP contribution in [0.4, 0.5) is 22.0 Å². The summed E-state index contributed by atoms with van der Waals surface area (Å²) in [7, 11) is 0. The fourth-order valence-electron chi connectivity index (χ4n) is 1.29. The molecular weight excluding hydrogens is 243 g/mol. The molecule has 94 valence electrons. The molecule has 0 unspecified atom stereocenters. The van der Waals surface area contributed by atoms with Gasteiger partial charge in [-0.15, -0.1) is 0 Å². The Kier molecular flexibility index (Phi) is 3.27. The summed E-state index contributed by atoms with van der Waals surface area (Å²) in [6.45, 7) is 2.85. The molecule has 1 aromatic carbocycles. The van der Waals surface area contributed by atoms with Crippen LogP contribution in [0, 0.1) is 13.8 Å². The Balaban J connectivity index is 3.27. The van der Waals surface area contributed by atoms with Crippen LogP contribution in [0.3, 0.4) is 0 Å². The van der Waals surface area contributed by atoms with E-state index in [-0.39, 0.29) is 5.56 Å². The lowest BCUT2D eigenvalue weighted by atomic mass is 9.97. The second-order valence-electron chi connectivity index (χ2n) is 3.65. The number of alkyl halides is 5. The molecule has 1 rings (SSSR count). The van der Waals surface area contributed by atoms with Crippen molar-refractivity contribution in [2.24, 2.45) is 0 Å². The Morgan fingerprint density at radius 2 is 1.59 bits per heavy atom. The minimum atomic E-state index is -5.87. The normalized spacial score (nSPS) is 12.6. The summed E-state index contributed by atoms with van der Waals surface area (Å²) >= 11 is 0. The second kappa shape index (κ2) is 4.09. The van der Waals surface area contributed by atoms with E-state index in [9.17, 15) is 26.7 Å². The molecule has 0 atom stereocenters. The molecule has 17 heavy (non-hydrogen) atoms. The fraction of sp³-hybridized carbons (Fsp3) is 0.364. The van der Waals surface area contributed by atoms with E-state index in [1.165, 1.54) is 26.0 Å². The van der Waals surface area contributed by atoms with Gasteiger partial charge in [-0.05, 0) is 25.0 Å². The standard InChI is InChI=1S/C11H9F5O/c1-6-4-3-5-8(7(6)2)9(17)10(12,13)11(14,15)16/h3-5H,1-2H3. The highest BCUT2D eigenvalue weighted by atomic mass is 19.4. The molecule has 1 nitrogen and oxygen atoms in total. The zero-order valence-corrected chi connectivity index (χ0v) is 9.03. The fourth-order valence-corrected chi connectivity index (χ4v) is 1.29. The molecule has 0 spiro atoms. The van der Waals surface area contributed by atoms with Crippen molar-refractivity contribution in [3.8, 4) is 0 Å².